The number of rotatable bonds is 1. The van der Waals surface area contributed by atoms with E-state index in [1.54, 1.807) is 0 Å². The summed E-state index contributed by atoms with van der Waals surface area (Å²) < 4.78 is 4.65. The Bertz CT molecular complexity index is 432. The Hall–Kier alpha value is -0.800. The van der Waals surface area contributed by atoms with Crippen LogP contribution in [0.15, 0.2) is 0 Å². The summed E-state index contributed by atoms with van der Waals surface area (Å²) in [7, 11) is 1.33. The van der Waals surface area contributed by atoms with Crippen LogP contribution in [0, 0.1) is 0 Å². The fourth-order valence-corrected chi connectivity index (χ4v) is 2.30. The van der Waals surface area contributed by atoms with Crippen molar-refractivity contribution in [3.63, 3.8) is 0 Å². The first kappa shape index (κ1) is 10.7. The SMILES string of the molecule is COC(=O)c1nc(Cl)c(Cl)c2c1CCC2. The number of ether oxygens (including phenoxy) is 1. The molecule has 0 saturated heterocycles. The molecule has 1 aromatic rings. The number of pyridine rings is 1. The maximum absolute atomic E-state index is 11.5. The van der Waals surface area contributed by atoms with Crippen molar-refractivity contribution in [1.82, 2.24) is 4.98 Å². The first-order chi connectivity index (χ1) is 7.15. The summed E-state index contributed by atoms with van der Waals surface area (Å²) in [6, 6.07) is 0. The minimum Gasteiger partial charge on any atom is -0.464 e. The third-order valence-electron chi connectivity index (χ3n) is 2.54. The maximum atomic E-state index is 11.5. The highest BCUT2D eigenvalue weighted by Gasteiger charge is 2.25. The topological polar surface area (TPSA) is 39.2 Å². The second-order valence-electron chi connectivity index (χ2n) is 3.37. The average Bonchev–Trinajstić information content (AvgIpc) is 2.71. The van der Waals surface area contributed by atoms with Gasteiger partial charge in [0.15, 0.2) is 5.69 Å². The second kappa shape index (κ2) is 3.99. The number of hydrogen-bond acceptors (Lipinski definition) is 3. The lowest BCUT2D eigenvalue weighted by Gasteiger charge is -2.08. The van der Waals surface area contributed by atoms with Crippen LogP contribution in [0.1, 0.15) is 28.0 Å². The van der Waals surface area contributed by atoms with E-state index in [0.717, 1.165) is 30.4 Å². The number of esters is 1. The molecule has 0 fully saturated rings. The summed E-state index contributed by atoms with van der Waals surface area (Å²) in [5, 5.41) is 0.648. The summed E-state index contributed by atoms with van der Waals surface area (Å²) >= 11 is 11.9. The van der Waals surface area contributed by atoms with Gasteiger partial charge in [0, 0.05) is 0 Å². The molecule has 1 aliphatic carbocycles. The normalized spacial score (nSPS) is 13.8. The van der Waals surface area contributed by atoms with Gasteiger partial charge in [-0.15, -0.1) is 0 Å². The number of carbonyl (C=O) groups excluding carboxylic acids is 1. The molecule has 0 atom stereocenters. The highest BCUT2D eigenvalue weighted by Crippen LogP contribution is 2.34. The van der Waals surface area contributed by atoms with E-state index in [9.17, 15) is 4.79 Å². The molecule has 0 aliphatic heterocycles. The van der Waals surface area contributed by atoms with Crippen LogP contribution in [0.2, 0.25) is 10.2 Å². The molecule has 0 bridgehead atoms. The molecule has 1 heterocycles. The Kier molecular flexibility index (Phi) is 2.85. The average molecular weight is 246 g/mol. The number of fused-ring (bicyclic) bond motifs is 1. The zero-order chi connectivity index (χ0) is 11.0. The lowest BCUT2D eigenvalue weighted by atomic mass is 10.1. The van der Waals surface area contributed by atoms with Gasteiger partial charge >= 0.3 is 5.97 Å². The van der Waals surface area contributed by atoms with Crippen LogP contribution in [-0.2, 0) is 17.6 Å². The van der Waals surface area contributed by atoms with E-state index in [0.29, 0.717) is 10.7 Å². The Balaban J connectivity index is 2.62. The van der Waals surface area contributed by atoms with Crippen molar-refractivity contribution < 1.29 is 9.53 Å². The van der Waals surface area contributed by atoms with E-state index < -0.39 is 5.97 Å². The number of aromatic nitrogens is 1. The molecular formula is C10H9Cl2NO2. The molecule has 0 aromatic carbocycles. The van der Waals surface area contributed by atoms with Gasteiger partial charge in [0.2, 0.25) is 0 Å². The minimum absolute atomic E-state index is 0.178. The highest BCUT2D eigenvalue weighted by molar-refractivity contribution is 6.42. The predicted molar refractivity (Wildman–Crippen MR) is 57.6 cm³/mol. The third kappa shape index (κ3) is 1.70. The molecule has 0 radical (unpaired) electrons. The van der Waals surface area contributed by atoms with Crippen molar-refractivity contribution in [1.29, 1.82) is 0 Å². The van der Waals surface area contributed by atoms with E-state index in [-0.39, 0.29) is 5.15 Å². The molecule has 1 aliphatic rings. The summed E-state index contributed by atoms with van der Waals surface area (Å²) in [5.41, 5.74) is 2.13. The largest absolute Gasteiger partial charge is 0.464 e. The van der Waals surface area contributed by atoms with Gasteiger partial charge in [-0.1, -0.05) is 23.2 Å². The van der Waals surface area contributed by atoms with Crippen molar-refractivity contribution in [2.75, 3.05) is 7.11 Å². The molecule has 0 amide bonds. The standard InChI is InChI=1S/C10H9Cl2NO2/c1-15-10(14)8-6-4-2-3-5(6)7(11)9(12)13-8/h2-4H2,1H3. The van der Waals surface area contributed by atoms with Gasteiger partial charge in [0.1, 0.15) is 5.15 Å². The summed E-state index contributed by atoms with van der Waals surface area (Å²) in [4.78, 5) is 15.4. The molecule has 0 saturated carbocycles. The summed E-state index contributed by atoms with van der Waals surface area (Å²) in [6.07, 6.45) is 2.63. The number of hydrogen-bond donors (Lipinski definition) is 0. The molecule has 0 N–H and O–H groups in total. The van der Waals surface area contributed by atoms with Gasteiger partial charge in [-0.05, 0) is 30.4 Å². The molecule has 0 unspecified atom stereocenters. The molecule has 3 nitrogen and oxygen atoms in total. The lowest BCUT2D eigenvalue weighted by molar-refractivity contribution is 0.0593. The first-order valence-corrected chi connectivity index (χ1v) is 5.35. The number of methoxy groups -OCH3 is 1. The Morgan fingerprint density at radius 1 is 1.33 bits per heavy atom. The van der Waals surface area contributed by atoms with E-state index >= 15 is 0 Å². The molecular weight excluding hydrogens is 237 g/mol. The first-order valence-electron chi connectivity index (χ1n) is 4.60. The van der Waals surface area contributed by atoms with Crippen molar-refractivity contribution in [3.8, 4) is 0 Å². The molecule has 0 spiro atoms. The smallest absolute Gasteiger partial charge is 0.357 e. The molecule has 80 valence electrons. The van der Waals surface area contributed by atoms with Gasteiger partial charge in [0.25, 0.3) is 0 Å². The van der Waals surface area contributed by atoms with Gasteiger partial charge in [-0.2, -0.15) is 0 Å². The third-order valence-corrected chi connectivity index (χ3v) is 3.32. The number of nitrogens with zero attached hydrogens (tertiary/aromatic N) is 1. The fourth-order valence-electron chi connectivity index (χ4n) is 1.85. The van der Waals surface area contributed by atoms with Crippen molar-refractivity contribution >= 4 is 29.2 Å². The van der Waals surface area contributed by atoms with Crippen LogP contribution >= 0.6 is 23.2 Å². The van der Waals surface area contributed by atoms with Gasteiger partial charge in [0.05, 0.1) is 12.1 Å². The van der Waals surface area contributed by atoms with Gasteiger partial charge < -0.3 is 4.74 Å². The predicted octanol–water partition coefficient (Wildman–Crippen LogP) is 2.66. The van der Waals surface area contributed by atoms with Crippen molar-refractivity contribution in [3.05, 3.63) is 27.0 Å². The molecule has 2 rings (SSSR count). The van der Waals surface area contributed by atoms with E-state index in [1.165, 1.54) is 7.11 Å². The fraction of sp³-hybridized carbons (Fsp3) is 0.400. The van der Waals surface area contributed by atoms with Gasteiger partial charge in [-0.3, -0.25) is 0 Å². The van der Waals surface area contributed by atoms with Gasteiger partial charge in [-0.25, -0.2) is 9.78 Å². The van der Waals surface area contributed by atoms with E-state index in [1.807, 2.05) is 0 Å². The van der Waals surface area contributed by atoms with E-state index in [2.05, 4.69) is 9.72 Å². The van der Waals surface area contributed by atoms with Crippen LogP contribution in [0.3, 0.4) is 0 Å². The van der Waals surface area contributed by atoms with Crippen molar-refractivity contribution in [2.45, 2.75) is 19.3 Å². The summed E-state index contributed by atoms with van der Waals surface area (Å²) in [5.74, 6) is -0.452. The molecule has 15 heavy (non-hydrogen) atoms. The van der Waals surface area contributed by atoms with Crippen LogP contribution in [0.25, 0.3) is 0 Å². The van der Waals surface area contributed by atoms with E-state index in [4.69, 9.17) is 23.2 Å². The zero-order valence-electron chi connectivity index (χ0n) is 8.14. The second-order valence-corrected chi connectivity index (χ2v) is 4.10. The maximum Gasteiger partial charge on any atom is 0.357 e. The lowest BCUT2D eigenvalue weighted by Crippen LogP contribution is -2.09. The van der Waals surface area contributed by atoms with Crippen LogP contribution in [0.4, 0.5) is 0 Å². The number of carbonyl (C=O) groups is 1. The summed E-state index contributed by atoms with van der Waals surface area (Å²) in [6.45, 7) is 0. The monoisotopic (exact) mass is 245 g/mol. The minimum atomic E-state index is -0.452. The number of halogens is 2. The quantitative estimate of drug-likeness (QED) is 0.564. The highest BCUT2D eigenvalue weighted by atomic mass is 35.5. The Morgan fingerprint density at radius 3 is 2.67 bits per heavy atom. The molecule has 1 aromatic heterocycles. The van der Waals surface area contributed by atoms with Crippen LogP contribution in [-0.4, -0.2) is 18.1 Å². The molecule has 5 heteroatoms. The van der Waals surface area contributed by atoms with Crippen molar-refractivity contribution in [2.24, 2.45) is 0 Å². The Labute approximate surface area is 97.4 Å². The van der Waals surface area contributed by atoms with Crippen LogP contribution in [0.5, 0.6) is 0 Å². The van der Waals surface area contributed by atoms with Crippen LogP contribution < -0.4 is 0 Å². The zero-order valence-corrected chi connectivity index (χ0v) is 9.65. The Morgan fingerprint density at radius 2 is 2.00 bits per heavy atom.